The van der Waals surface area contributed by atoms with Crippen LogP contribution in [-0.4, -0.2) is 37.0 Å². The van der Waals surface area contributed by atoms with Gasteiger partial charge in [-0.05, 0) is 34.5 Å². The molecular formula is C13H13LiO3S2. The molecule has 0 saturated heterocycles. The number of thioether (sulfide) groups is 1. The number of methoxy groups -OCH3 is 1. The number of hydrogen-bond donors (Lipinski definition) is 1. The third kappa shape index (κ3) is 4.05. The first-order valence-electron chi connectivity index (χ1n) is 5.26. The summed E-state index contributed by atoms with van der Waals surface area (Å²) in [4.78, 5) is 12.0. The van der Waals surface area contributed by atoms with Crippen LogP contribution in [0, 0.1) is 0 Å². The summed E-state index contributed by atoms with van der Waals surface area (Å²) in [5.74, 6) is 0.204. The van der Waals surface area contributed by atoms with E-state index >= 15 is 0 Å². The number of aromatic carboxylic acids is 1. The molecule has 0 bridgehead atoms. The number of hydrogen-bond acceptors (Lipinski definition) is 4. The number of carbonyl (C=O) groups is 1. The van der Waals surface area contributed by atoms with Gasteiger partial charge in [0.25, 0.3) is 0 Å². The van der Waals surface area contributed by atoms with Gasteiger partial charge in [0, 0.05) is 10.6 Å². The molecule has 1 aromatic carbocycles. The molecule has 0 aliphatic carbocycles. The van der Waals surface area contributed by atoms with Crippen LogP contribution in [0.5, 0.6) is 5.75 Å². The molecule has 1 N–H and O–H groups in total. The first-order valence-corrected chi connectivity index (χ1v) is 7.19. The molecule has 0 aliphatic heterocycles. The number of benzene rings is 1. The van der Waals surface area contributed by atoms with Gasteiger partial charge in [0.05, 0.1) is 7.11 Å². The van der Waals surface area contributed by atoms with Crippen LogP contribution in [0.3, 0.4) is 0 Å². The van der Waals surface area contributed by atoms with Crippen LogP contribution in [0.4, 0.5) is 0 Å². The summed E-state index contributed by atoms with van der Waals surface area (Å²) in [6.07, 6.45) is 0. The maximum absolute atomic E-state index is 11.3. The van der Waals surface area contributed by atoms with Crippen molar-refractivity contribution in [3.8, 4) is 5.75 Å². The van der Waals surface area contributed by atoms with E-state index in [9.17, 15) is 9.90 Å². The molecule has 0 radical (unpaired) electrons. The SMILES string of the molecule is COc1cccc(SCc2ccsc2)c1C(=O)O.[LiH]. The van der Waals surface area contributed by atoms with Crippen LogP contribution in [0.25, 0.3) is 0 Å². The second-order valence-electron chi connectivity index (χ2n) is 3.56. The van der Waals surface area contributed by atoms with E-state index in [1.54, 1.807) is 23.5 Å². The van der Waals surface area contributed by atoms with Crippen molar-refractivity contribution in [2.45, 2.75) is 10.6 Å². The van der Waals surface area contributed by atoms with Gasteiger partial charge >= 0.3 is 24.8 Å². The predicted octanol–water partition coefficient (Wildman–Crippen LogP) is 3.10. The van der Waals surface area contributed by atoms with E-state index in [4.69, 9.17) is 4.74 Å². The van der Waals surface area contributed by atoms with Crippen molar-refractivity contribution in [3.63, 3.8) is 0 Å². The first-order chi connectivity index (χ1) is 8.72. The second-order valence-corrected chi connectivity index (χ2v) is 5.36. The van der Waals surface area contributed by atoms with E-state index in [2.05, 4.69) is 5.38 Å². The molecule has 0 atom stereocenters. The number of rotatable bonds is 5. The zero-order valence-corrected chi connectivity index (χ0v) is 11.4. The quantitative estimate of drug-likeness (QED) is 0.678. The van der Waals surface area contributed by atoms with Crippen LogP contribution in [0.2, 0.25) is 0 Å². The fourth-order valence-electron chi connectivity index (χ4n) is 1.55. The second kappa shape index (κ2) is 7.66. The zero-order valence-electron chi connectivity index (χ0n) is 9.75. The van der Waals surface area contributed by atoms with E-state index in [0.29, 0.717) is 5.75 Å². The Morgan fingerprint density at radius 3 is 2.79 bits per heavy atom. The molecule has 96 valence electrons. The maximum atomic E-state index is 11.3. The molecule has 2 aromatic rings. The topological polar surface area (TPSA) is 46.5 Å². The van der Waals surface area contributed by atoms with Gasteiger partial charge in [-0.25, -0.2) is 4.79 Å². The molecule has 0 saturated carbocycles. The van der Waals surface area contributed by atoms with Crippen LogP contribution in [0.15, 0.2) is 39.9 Å². The summed E-state index contributed by atoms with van der Waals surface area (Å²) in [5, 5.41) is 13.3. The first kappa shape index (κ1) is 16.2. The fourth-order valence-corrected chi connectivity index (χ4v) is 3.33. The third-order valence-electron chi connectivity index (χ3n) is 2.40. The molecule has 1 aromatic heterocycles. The van der Waals surface area contributed by atoms with Crippen LogP contribution >= 0.6 is 23.1 Å². The molecule has 0 unspecified atom stereocenters. The van der Waals surface area contributed by atoms with E-state index in [-0.39, 0.29) is 24.4 Å². The van der Waals surface area contributed by atoms with E-state index in [0.717, 1.165) is 10.6 Å². The Balaban J connectivity index is 0.00000180. The van der Waals surface area contributed by atoms with Gasteiger partial charge in [-0.2, -0.15) is 11.3 Å². The molecule has 2 rings (SSSR count). The standard InChI is InChI=1S/C13H12O3S2.Li.H/c1-16-10-3-2-4-11(12(10)13(14)15)18-8-9-5-6-17-7-9;;/h2-7H,8H2,1H3,(H,14,15);;. The van der Waals surface area contributed by atoms with Crippen molar-refractivity contribution < 1.29 is 14.6 Å². The number of ether oxygens (including phenoxy) is 1. The molecular weight excluding hydrogens is 275 g/mol. The zero-order chi connectivity index (χ0) is 13.0. The average Bonchev–Trinajstić information content (AvgIpc) is 2.88. The Kier molecular flexibility index (Phi) is 6.53. The molecule has 3 nitrogen and oxygen atoms in total. The van der Waals surface area contributed by atoms with Crippen molar-refractivity contribution in [1.29, 1.82) is 0 Å². The molecule has 6 heteroatoms. The monoisotopic (exact) mass is 288 g/mol. The minimum atomic E-state index is -0.958. The van der Waals surface area contributed by atoms with E-state index in [1.165, 1.54) is 24.4 Å². The summed E-state index contributed by atoms with van der Waals surface area (Å²) in [7, 11) is 1.48. The van der Waals surface area contributed by atoms with Crippen molar-refractivity contribution in [1.82, 2.24) is 0 Å². The van der Waals surface area contributed by atoms with Crippen molar-refractivity contribution in [2.24, 2.45) is 0 Å². The molecule has 19 heavy (non-hydrogen) atoms. The van der Waals surface area contributed by atoms with Gasteiger partial charge in [0.2, 0.25) is 0 Å². The molecule has 0 spiro atoms. The van der Waals surface area contributed by atoms with Gasteiger partial charge < -0.3 is 9.84 Å². The van der Waals surface area contributed by atoms with Crippen LogP contribution in [-0.2, 0) is 5.75 Å². The molecule has 0 fully saturated rings. The number of carboxylic acids is 1. The fraction of sp³-hybridized carbons (Fsp3) is 0.154. The molecule has 1 heterocycles. The normalized spacial score (nSPS) is 9.74. The summed E-state index contributed by atoms with van der Waals surface area (Å²) in [6.45, 7) is 0. The Morgan fingerprint density at radius 1 is 1.42 bits per heavy atom. The van der Waals surface area contributed by atoms with Crippen molar-refractivity contribution in [2.75, 3.05) is 7.11 Å². The number of thiophene rings is 1. The molecule has 0 aliphatic rings. The summed E-state index contributed by atoms with van der Waals surface area (Å²) in [6, 6.07) is 7.32. The average molecular weight is 288 g/mol. The van der Waals surface area contributed by atoms with Crippen LogP contribution < -0.4 is 4.74 Å². The van der Waals surface area contributed by atoms with Crippen LogP contribution in [0.1, 0.15) is 15.9 Å². The third-order valence-corrected chi connectivity index (χ3v) is 4.26. The van der Waals surface area contributed by atoms with Gasteiger partial charge in [0.1, 0.15) is 11.3 Å². The molecule has 0 amide bonds. The van der Waals surface area contributed by atoms with Gasteiger partial charge in [-0.3, -0.25) is 0 Å². The Morgan fingerprint density at radius 2 is 2.21 bits per heavy atom. The van der Waals surface area contributed by atoms with E-state index < -0.39 is 5.97 Å². The summed E-state index contributed by atoms with van der Waals surface area (Å²) < 4.78 is 5.09. The Hall–Kier alpha value is -0.863. The summed E-state index contributed by atoms with van der Waals surface area (Å²) >= 11 is 3.15. The Bertz CT molecular complexity index is 541. The predicted molar refractivity (Wildman–Crippen MR) is 81.0 cm³/mol. The van der Waals surface area contributed by atoms with Crippen molar-refractivity contribution >= 4 is 47.9 Å². The number of carboxylic acid groups (broad SMARTS) is 1. The van der Waals surface area contributed by atoms with E-state index in [1.807, 2.05) is 17.5 Å². The van der Waals surface area contributed by atoms with Gasteiger partial charge in [0.15, 0.2) is 0 Å². The minimum absolute atomic E-state index is 0. The van der Waals surface area contributed by atoms with Gasteiger partial charge in [-0.15, -0.1) is 11.8 Å². The Labute approximate surface area is 132 Å². The van der Waals surface area contributed by atoms with Gasteiger partial charge in [-0.1, -0.05) is 6.07 Å². The van der Waals surface area contributed by atoms with Crippen molar-refractivity contribution in [3.05, 3.63) is 46.2 Å². The summed E-state index contributed by atoms with van der Waals surface area (Å²) in [5.41, 5.74) is 1.43.